The summed E-state index contributed by atoms with van der Waals surface area (Å²) in [6.45, 7) is 1.34. The number of rotatable bonds is 5. The summed E-state index contributed by atoms with van der Waals surface area (Å²) in [4.78, 5) is 21.4. The summed E-state index contributed by atoms with van der Waals surface area (Å²) in [5, 5.41) is 2.73. The molecule has 0 saturated carbocycles. The lowest BCUT2D eigenvalue weighted by molar-refractivity contribution is 0.0946. The molecule has 16 heavy (non-hydrogen) atoms. The summed E-state index contributed by atoms with van der Waals surface area (Å²) in [6, 6.07) is 0. The maximum atomic E-state index is 11.6. The van der Waals surface area contributed by atoms with Crippen LogP contribution in [0.3, 0.4) is 0 Å². The molecule has 1 aromatic rings. The van der Waals surface area contributed by atoms with Gasteiger partial charge in [-0.25, -0.2) is 10.8 Å². The first-order valence-electron chi connectivity index (χ1n) is 4.85. The van der Waals surface area contributed by atoms with E-state index in [0.29, 0.717) is 12.4 Å². The minimum absolute atomic E-state index is 0.245. The number of nitrogen functional groups attached to an aromatic ring is 1. The van der Waals surface area contributed by atoms with E-state index in [2.05, 4.69) is 20.7 Å². The van der Waals surface area contributed by atoms with Gasteiger partial charge < -0.3 is 15.6 Å². The smallest absolute Gasteiger partial charge is 0.271 e. The zero-order valence-electron chi connectivity index (χ0n) is 9.40. The molecule has 0 bridgehead atoms. The topological polar surface area (TPSA) is 96.2 Å². The molecule has 88 valence electrons. The van der Waals surface area contributed by atoms with Crippen LogP contribution >= 0.6 is 0 Å². The highest BCUT2D eigenvalue weighted by Gasteiger charge is 2.07. The van der Waals surface area contributed by atoms with Crippen molar-refractivity contribution in [3.05, 3.63) is 18.1 Å². The number of hydrazine groups is 1. The molecule has 7 heteroatoms. The Bertz CT molecular complexity index is 354. The van der Waals surface area contributed by atoms with Gasteiger partial charge in [-0.15, -0.1) is 0 Å². The zero-order chi connectivity index (χ0) is 12.0. The van der Waals surface area contributed by atoms with Crippen molar-refractivity contribution >= 4 is 11.7 Å². The minimum Gasteiger partial charge on any atom is -0.349 e. The Labute approximate surface area is 94.0 Å². The van der Waals surface area contributed by atoms with Crippen LogP contribution in [0.2, 0.25) is 0 Å². The average molecular weight is 224 g/mol. The summed E-state index contributed by atoms with van der Waals surface area (Å²) in [5.41, 5.74) is 2.58. The zero-order valence-corrected chi connectivity index (χ0v) is 9.40. The Kier molecular flexibility index (Phi) is 4.62. The molecule has 0 fully saturated rings. The fourth-order valence-electron chi connectivity index (χ4n) is 1.03. The molecule has 0 aliphatic carbocycles. The highest BCUT2D eigenvalue weighted by atomic mass is 16.1. The van der Waals surface area contributed by atoms with Crippen molar-refractivity contribution in [3.63, 3.8) is 0 Å². The van der Waals surface area contributed by atoms with Gasteiger partial charge in [0, 0.05) is 13.1 Å². The van der Waals surface area contributed by atoms with Crippen LogP contribution < -0.4 is 16.6 Å². The van der Waals surface area contributed by atoms with Gasteiger partial charge in [-0.3, -0.25) is 9.78 Å². The van der Waals surface area contributed by atoms with Gasteiger partial charge in [-0.2, -0.15) is 0 Å². The largest absolute Gasteiger partial charge is 0.349 e. The van der Waals surface area contributed by atoms with E-state index in [9.17, 15) is 4.79 Å². The lowest BCUT2D eigenvalue weighted by Crippen LogP contribution is -2.32. The van der Waals surface area contributed by atoms with Crippen molar-refractivity contribution in [2.45, 2.75) is 0 Å². The van der Waals surface area contributed by atoms with Gasteiger partial charge in [-0.1, -0.05) is 0 Å². The number of carbonyl (C=O) groups excluding carboxylic acids is 1. The molecule has 0 aromatic carbocycles. The highest BCUT2D eigenvalue weighted by Crippen LogP contribution is 1.99. The molecule has 0 spiro atoms. The molecular formula is C9H16N6O. The van der Waals surface area contributed by atoms with Gasteiger partial charge >= 0.3 is 0 Å². The van der Waals surface area contributed by atoms with Gasteiger partial charge in [0.05, 0.1) is 12.4 Å². The Morgan fingerprint density at radius 2 is 2.25 bits per heavy atom. The van der Waals surface area contributed by atoms with Crippen LogP contribution in [0.25, 0.3) is 0 Å². The standard InChI is InChI=1S/C9H16N6O/c1-15(2)4-3-12-9(16)7-5-11-6-8(13-7)14-10/h5-6H,3-4,10H2,1-2H3,(H,12,16)(H,13,14). The number of likely N-dealkylation sites (N-methyl/N-ethyl adjacent to an activating group) is 1. The second-order valence-electron chi connectivity index (χ2n) is 3.49. The number of nitrogens with two attached hydrogens (primary N) is 1. The molecule has 0 aliphatic rings. The number of carbonyl (C=O) groups is 1. The lowest BCUT2D eigenvalue weighted by atomic mass is 10.4. The first-order valence-corrected chi connectivity index (χ1v) is 4.85. The second kappa shape index (κ2) is 5.99. The van der Waals surface area contributed by atoms with E-state index < -0.39 is 0 Å². The third-order valence-corrected chi connectivity index (χ3v) is 1.86. The minimum atomic E-state index is -0.258. The molecule has 4 N–H and O–H groups in total. The number of anilines is 1. The molecule has 0 aliphatic heterocycles. The third kappa shape index (κ3) is 3.79. The van der Waals surface area contributed by atoms with Crippen molar-refractivity contribution in [2.24, 2.45) is 5.84 Å². The molecule has 0 unspecified atom stereocenters. The van der Waals surface area contributed by atoms with E-state index in [1.807, 2.05) is 19.0 Å². The predicted molar refractivity (Wildman–Crippen MR) is 60.7 cm³/mol. The number of amides is 1. The van der Waals surface area contributed by atoms with Crippen LogP contribution in [0.4, 0.5) is 5.82 Å². The maximum absolute atomic E-state index is 11.6. The van der Waals surface area contributed by atoms with E-state index >= 15 is 0 Å². The van der Waals surface area contributed by atoms with E-state index in [4.69, 9.17) is 5.84 Å². The first kappa shape index (κ1) is 12.3. The number of aromatic nitrogens is 2. The van der Waals surface area contributed by atoms with Gasteiger partial charge in [0.15, 0.2) is 5.82 Å². The van der Waals surface area contributed by atoms with Crippen LogP contribution in [-0.2, 0) is 0 Å². The summed E-state index contributed by atoms with van der Waals surface area (Å²) in [5.74, 6) is 5.27. The third-order valence-electron chi connectivity index (χ3n) is 1.86. The normalized spacial score (nSPS) is 10.2. The van der Waals surface area contributed by atoms with Crippen LogP contribution in [0.15, 0.2) is 12.4 Å². The summed E-state index contributed by atoms with van der Waals surface area (Å²) < 4.78 is 0. The molecule has 7 nitrogen and oxygen atoms in total. The average Bonchev–Trinajstić information content (AvgIpc) is 2.28. The fourth-order valence-corrected chi connectivity index (χ4v) is 1.03. The molecule has 0 atom stereocenters. The van der Waals surface area contributed by atoms with Crippen LogP contribution in [0.1, 0.15) is 10.5 Å². The van der Waals surface area contributed by atoms with Crippen molar-refractivity contribution in [1.29, 1.82) is 0 Å². The van der Waals surface area contributed by atoms with Crippen molar-refractivity contribution < 1.29 is 4.79 Å². The maximum Gasteiger partial charge on any atom is 0.271 e. The molecule has 1 aromatic heterocycles. The monoisotopic (exact) mass is 224 g/mol. The number of hydrogen-bond donors (Lipinski definition) is 3. The van der Waals surface area contributed by atoms with Crippen LogP contribution in [-0.4, -0.2) is 48.0 Å². The van der Waals surface area contributed by atoms with Gasteiger partial charge in [0.2, 0.25) is 0 Å². The molecule has 1 heterocycles. The molecule has 1 rings (SSSR count). The van der Waals surface area contributed by atoms with Crippen LogP contribution in [0, 0.1) is 0 Å². The quantitative estimate of drug-likeness (QED) is 0.441. The van der Waals surface area contributed by atoms with E-state index in [1.54, 1.807) is 0 Å². The lowest BCUT2D eigenvalue weighted by Gasteiger charge is -2.10. The predicted octanol–water partition coefficient (Wildman–Crippen LogP) is -0.946. The van der Waals surface area contributed by atoms with E-state index in [1.165, 1.54) is 12.4 Å². The second-order valence-corrected chi connectivity index (χ2v) is 3.49. The van der Waals surface area contributed by atoms with Gasteiger partial charge in [0.25, 0.3) is 5.91 Å². The molecule has 1 amide bonds. The van der Waals surface area contributed by atoms with E-state index in [0.717, 1.165) is 6.54 Å². The fraction of sp³-hybridized carbons (Fsp3) is 0.444. The van der Waals surface area contributed by atoms with Crippen molar-refractivity contribution in [1.82, 2.24) is 20.2 Å². The molecular weight excluding hydrogens is 208 g/mol. The number of nitrogens with zero attached hydrogens (tertiary/aromatic N) is 3. The molecule has 0 radical (unpaired) electrons. The Morgan fingerprint density at radius 3 is 2.88 bits per heavy atom. The Balaban J connectivity index is 2.52. The summed E-state index contributed by atoms with van der Waals surface area (Å²) in [7, 11) is 3.87. The van der Waals surface area contributed by atoms with Gasteiger partial charge in [-0.05, 0) is 14.1 Å². The van der Waals surface area contributed by atoms with E-state index in [-0.39, 0.29) is 11.6 Å². The number of nitrogens with one attached hydrogen (secondary N) is 2. The first-order chi connectivity index (χ1) is 7.63. The Morgan fingerprint density at radius 1 is 1.50 bits per heavy atom. The molecule has 0 saturated heterocycles. The number of hydrogen-bond acceptors (Lipinski definition) is 6. The van der Waals surface area contributed by atoms with Gasteiger partial charge in [0.1, 0.15) is 5.69 Å². The Hall–Kier alpha value is -1.73. The SMILES string of the molecule is CN(C)CCNC(=O)c1cncc(NN)n1. The summed E-state index contributed by atoms with van der Waals surface area (Å²) in [6.07, 6.45) is 2.84. The highest BCUT2D eigenvalue weighted by molar-refractivity contribution is 5.92. The van der Waals surface area contributed by atoms with Crippen LogP contribution in [0.5, 0.6) is 0 Å². The van der Waals surface area contributed by atoms with Crippen molar-refractivity contribution in [3.8, 4) is 0 Å². The summed E-state index contributed by atoms with van der Waals surface area (Å²) >= 11 is 0. The van der Waals surface area contributed by atoms with Crippen molar-refractivity contribution in [2.75, 3.05) is 32.6 Å².